The van der Waals surface area contributed by atoms with Crippen molar-refractivity contribution in [2.75, 3.05) is 6.61 Å². The molecule has 0 bridgehead atoms. The van der Waals surface area contributed by atoms with Crippen LogP contribution in [-0.4, -0.2) is 125 Å². The van der Waals surface area contributed by atoms with Crippen molar-refractivity contribution in [3.63, 3.8) is 0 Å². The SMILES string of the molecule is O=P(O)(OC[C@H]1OC(O)[C@H](O)[C@@H](O)[C@@H]1O)OC1[C@H](O)[C@H](O)C(O)[C@H](O)[C@H]1O. The molecule has 2 aliphatic rings. The summed E-state index contributed by atoms with van der Waals surface area (Å²) in [6.07, 6.45) is -21.0. The standard InChI is InChI=1S/C12H23O14P/c13-3-2(25-12(21)10(20)4(3)14)1-24-27(22,23)26-11-8(18)6(16)5(15)7(17)9(11)19/h2-21H,1H2,(H,22,23)/t2-,3-,4+,5?,6-,7+,8-,9-,10-,11?,12?/m1/s1. The Morgan fingerprint density at radius 3 is 1.67 bits per heavy atom. The number of hydrogen-bond donors (Lipinski definition) is 10. The van der Waals surface area contributed by atoms with Crippen molar-refractivity contribution in [2.24, 2.45) is 0 Å². The van der Waals surface area contributed by atoms with Gasteiger partial charge in [-0.3, -0.25) is 9.05 Å². The van der Waals surface area contributed by atoms with Crippen LogP contribution in [0.1, 0.15) is 0 Å². The quantitative estimate of drug-likeness (QED) is 0.185. The highest BCUT2D eigenvalue weighted by Gasteiger charge is 2.51. The lowest BCUT2D eigenvalue weighted by Gasteiger charge is -2.41. The fourth-order valence-electron chi connectivity index (χ4n) is 2.74. The minimum atomic E-state index is -5.10. The Labute approximate surface area is 152 Å². The van der Waals surface area contributed by atoms with Gasteiger partial charge >= 0.3 is 7.82 Å². The fourth-order valence-corrected chi connectivity index (χ4v) is 3.70. The largest absolute Gasteiger partial charge is 0.472 e. The van der Waals surface area contributed by atoms with E-state index in [-0.39, 0.29) is 0 Å². The average Bonchev–Trinajstić information content (AvgIpc) is 2.62. The molecule has 14 nitrogen and oxygen atoms in total. The van der Waals surface area contributed by atoms with Crippen LogP contribution >= 0.6 is 7.82 Å². The van der Waals surface area contributed by atoms with Crippen molar-refractivity contribution in [2.45, 2.75) is 67.3 Å². The van der Waals surface area contributed by atoms with Crippen LogP contribution in [0.15, 0.2) is 0 Å². The van der Waals surface area contributed by atoms with Gasteiger partial charge in [0.05, 0.1) is 6.61 Å². The maximum atomic E-state index is 12.0. The number of phosphoric acid groups is 1. The summed E-state index contributed by atoms with van der Waals surface area (Å²) in [6, 6.07) is 0. The summed E-state index contributed by atoms with van der Waals surface area (Å²) in [5, 5.41) is 86.0. The minimum absolute atomic E-state index is 0.928. The van der Waals surface area contributed by atoms with Crippen LogP contribution in [-0.2, 0) is 18.3 Å². The molecule has 0 aromatic rings. The summed E-state index contributed by atoms with van der Waals surface area (Å²) < 4.78 is 25.8. The maximum Gasteiger partial charge on any atom is 0.472 e. The molecule has 12 atom stereocenters. The summed E-state index contributed by atoms with van der Waals surface area (Å²) in [5.74, 6) is 0. The molecule has 2 fully saturated rings. The van der Waals surface area contributed by atoms with Crippen LogP contribution in [0.25, 0.3) is 0 Å². The molecular formula is C12H23O14P. The van der Waals surface area contributed by atoms with Gasteiger partial charge in [-0.1, -0.05) is 0 Å². The summed E-state index contributed by atoms with van der Waals surface area (Å²) in [4.78, 5) is 9.69. The Morgan fingerprint density at radius 1 is 0.704 bits per heavy atom. The van der Waals surface area contributed by atoms with E-state index in [1.807, 2.05) is 0 Å². The maximum absolute atomic E-state index is 12.0. The van der Waals surface area contributed by atoms with Gasteiger partial charge in [-0.05, 0) is 0 Å². The molecule has 27 heavy (non-hydrogen) atoms. The van der Waals surface area contributed by atoms with Crippen LogP contribution < -0.4 is 0 Å². The summed E-state index contributed by atoms with van der Waals surface area (Å²) in [6.45, 7) is -0.928. The Morgan fingerprint density at radius 2 is 1.15 bits per heavy atom. The second-order valence-corrected chi connectivity index (χ2v) is 7.73. The van der Waals surface area contributed by atoms with E-state index in [0.717, 1.165) is 0 Å². The van der Waals surface area contributed by atoms with Crippen molar-refractivity contribution in [1.82, 2.24) is 0 Å². The number of phosphoric ester groups is 1. The molecule has 1 aliphatic heterocycles. The molecular weight excluding hydrogens is 399 g/mol. The molecule has 4 unspecified atom stereocenters. The Balaban J connectivity index is 1.99. The number of ether oxygens (including phenoxy) is 1. The zero-order valence-corrected chi connectivity index (χ0v) is 14.5. The first-order valence-electron chi connectivity index (χ1n) is 7.81. The number of aliphatic hydroxyl groups excluding tert-OH is 9. The van der Waals surface area contributed by atoms with Gasteiger partial charge in [0.15, 0.2) is 6.29 Å². The van der Waals surface area contributed by atoms with Crippen molar-refractivity contribution in [3.05, 3.63) is 0 Å². The molecule has 1 heterocycles. The first-order valence-corrected chi connectivity index (χ1v) is 9.30. The second kappa shape index (κ2) is 8.61. The Hall–Kier alpha value is -0.290. The molecule has 2 rings (SSSR count). The lowest BCUT2D eigenvalue weighted by Crippen LogP contribution is -2.64. The van der Waals surface area contributed by atoms with E-state index >= 15 is 0 Å². The molecule has 0 spiro atoms. The predicted octanol–water partition coefficient (Wildman–Crippen LogP) is -5.89. The Kier molecular flexibility index (Phi) is 7.33. The Bertz CT molecular complexity index is 532. The number of rotatable bonds is 5. The minimum Gasteiger partial charge on any atom is -0.387 e. The lowest BCUT2D eigenvalue weighted by molar-refractivity contribution is -0.286. The first kappa shape index (κ1) is 23.0. The highest BCUT2D eigenvalue weighted by Crippen LogP contribution is 2.47. The van der Waals surface area contributed by atoms with Crippen molar-refractivity contribution < 1.29 is 69.2 Å². The highest BCUT2D eigenvalue weighted by atomic mass is 31.2. The summed E-state index contributed by atoms with van der Waals surface area (Å²) in [7, 11) is -5.10. The van der Waals surface area contributed by atoms with Gasteiger partial charge in [-0.25, -0.2) is 4.57 Å². The zero-order chi connectivity index (χ0) is 20.7. The molecule has 1 saturated carbocycles. The molecule has 0 aromatic carbocycles. The summed E-state index contributed by atoms with van der Waals surface area (Å²) in [5.41, 5.74) is 0. The molecule has 1 aliphatic carbocycles. The van der Waals surface area contributed by atoms with Gasteiger partial charge in [0.25, 0.3) is 0 Å². The van der Waals surface area contributed by atoms with Crippen LogP contribution in [0.2, 0.25) is 0 Å². The van der Waals surface area contributed by atoms with Crippen molar-refractivity contribution in [1.29, 1.82) is 0 Å². The number of hydrogen-bond acceptors (Lipinski definition) is 13. The van der Waals surface area contributed by atoms with Crippen molar-refractivity contribution in [3.8, 4) is 0 Å². The third-order valence-corrected chi connectivity index (χ3v) is 5.40. The van der Waals surface area contributed by atoms with Gasteiger partial charge in [-0.15, -0.1) is 0 Å². The van der Waals surface area contributed by atoms with Crippen LogP contribution in [0.3, 0.4) is 0 Å². The predicted molar refractivity (Wildman–Crippen MR) is 79.6 cm³/mol. The highest BCUT2D eigenvalue weighted by molar-refractivity contribution is 7.47. The number of aliphatic hydroxyl groups is 9. The van der Waals surface area contributed by atoms with E-state index in [1.165, 1.54) is 0 Å². The third-order valence-electron chi connectivity index (χ3n) is 4.42. The lowest BCUT2D eigenvalue weighted by atomic mass is 9.85. The molecule has 10 N–H and O–H groups in total. The topological polar surface area (TPSA) is 247 Å². The molecule has 0 radical (unpaired) electrons. The fraction of sp³-hybridized carbons (Fsp3) is 1.00. The summed E-state index contributed by atoms with van der Waals surface area (Å²) >= 11 is 0. The van der Waals surface area contributed by atoms with Gasteiger partial charge < -0.3 is 55.6 Å². The van der Waals surface area contributed by atoms with Gasteiger partial charge in [-0.2, -0.15) is 0 Å². The van der Waals surface area contributed by atoms with Crippen LogP contribution in [0.4, 0.5) is 0 Å². The molecule has 0 aromatic heterocycles. The molecule has 160 valence electrons. The van der Waals surface area contributed by atoms with E-state index in [9.17, 15) is 55.4 Å². The van der Waals surface area contributed by atoms with Crippen LogP contribution in [0, 0.1) is 0 Å². The van der Waals surface area contributed by atoms with E-state index in [2.05, 4.69) is 9.05 Å². The second-order valence-electron chi connectivity index (χ2n) is 6.32. The molecule has 0 amide bonds. The smallest absolute Gasteiger partial charge is 0.387 e. The van der Waals surface area contributed by atoms with E-state index < -0.39 is 81.8 Å². The molecule has 1 saturated heterocycles. The normalized spacial score (nSPS) is 51.0. The average molecular weight is 422 g/mol. The first-order chi connectivity index (χ1) is 12.4. The van der Waals surface area contributed by atoms with Gasteiger partial charge in [0.2, 0.25) is 0 Å². The van der Waals surface area contributed by atoms with Crippen LogP contribution in [0.5, 0.6) is 0 Å². The van der Waals surface area contributed by atoms with Gasteiger partial charge in [0, 0.05) is 0 Å². The van der Waals surface area contributed by atoms with E-state index in [1.54, 1.807) is 0 Å². The van der Waals surface area contributed by atoms with E-state index in [4.69, 9.17) is 4.74 Å². The van der Waals surface area contributed by atoms with E-state index in [0.29, 0.717) is 0 Å². The zero-order valence-electron chi connectivity index (χ0n) is 13.6. The van der Waals surface area contributed by atoms with Gasteiger partial charge in [0.1, 0.15) is 61.0 Å². The third kappa shape index (κ3) is 4.83. The monoisotopic (exact) mass is 422 g/mol. The van der Waals surface area contributed by atoms with Crippen molar-refractivity contribution >= 4 is 7.82 Å². The molecule has 15 heteroatoms.